The van der Waals surface area contributed by atoms with Gasteiger partial charge >= 0.3 is 24.1 Å². The fourth-order valence-electron chi connectivity index (χ4n) is 2.60. The minimum atomic E-state index is -1.03. The standard InChI is InChI=1S/C22H40N2O7/c1-7-9-11-29-21(27)23-17(13-15(3)4)19(25)31-20(26)18(14-16(5)6)24-22(28)30-12-10-8-2/h15-18H,7-14H2,1-6H3,(H,23,27)(H,24,28)/t17-,18-/m0/s1. The van der Waals surface area contributed by atoms with E-state index in [1.807, 2.05) is 41.5 Å². The predicted octanol–water partition coefficient (Wildman–Crippen LogP) is 3.94. The average molecular weight is 445 g/mol. The molecule has 9 heteroatoms. The summed E-state index contributed by atoms with van der Waals surface area (Å²) in [6.07, 6.45) is 2.23. The van der Waals surface area contributed by atoms with E-state index < -0.39 is 36.2 Å². The van der Waals surface area contributed by atoms with Crippen LogP contribution < -0.4 is 10.6 Å². The third-order valence-electron chi connectivity index (χ3n) is 4.23. The number of esters is 2. The van der Waals surface area contributed by atoms with Crippen LogP contribution in [0.15, 0.2) is 0 Å². The molecule has 0 aliphatic rings. The lowest BCUT2D eigenvalue weighted by Gasteiger charge is -2.22. The van der Waals surface area contributed by atoms with E-state index in [1.165, 1.54) is 0 Å². The number of carbonyl (C=O) groups excluding carboxylic acids is 4. The Balaban J connectivity index is 5.02. The smallest absolute Gasteiger partial charge is 0.407 e. The molecule has 9 nitrogen and oxygen atoms in total. The van der Waals surface area contributed by atoms with Gasteiger partial charge in [0.15, 0.2) is 0 Å². The van der Waals surface area contributed by atoms with Gasteiger partial charge in [-0.3, -0.25) is 0 Å². The van der Waals surface area contributed by atoms with Crippen molar-refractivity contribution in [2.75, 3.05) is 13.2 Å². The highest BCUT2D eigenvalue weighted by Crippen LogP contribution is 2.11. The Hall–Kier alpha value is -2.32. The number of nitrogens with one attached hydrogen (secondary N) is 2. The van der Waals surface area contributed by atoms with Gasteiger partial charge in [-0.1, -0.05) is 54.4 Å². The molecule has 0 heterocycles. The van der Waals surface area contributed by atoms with E-state index in [9.17, 15) is 19.2 Å². The van der Waals surface area contributed by atoms with E-state index >= 15 is 0 Å². The van der Waals surface area contributed by atoms with Gasteiger partial charge in [-0.25, -0.2) is 19.2 Å². The van der Waals surface area contributed by atoms with Crippen LogP contribution in [0.1, 0.15) is 80.1 Å². The first kappa shape index (κ1) is 28.7. The molecular formula is C22H40N2O7. The summed E-state index contributed by atoms with van der Waals surface area (Å²) in [5.74, 6) is -1.66. The second kappa shape index (κ2) is 16.4. The molecule has 2 N–H and O–H groups in total. The fourth-order valence-corrected chi connectivity index (χ4v) is 2.60. The molecule has 0 bridgehead atoms. The van der Waals surface area contributed by atoms with Gasteiger partial charge in [-0.15, -0.1) is 0 Å². The van der Waals surface area contributed by atoms with Crippen molar-refractivity contribution in [3.63, 3.8) is 0 Å². The van der Waals surface area contributed by atoms with E-state index in [0.717, 1.165) is 12.8 Å². The van der Waals surface area contributed by atoms with Crippen molar-refractivity contribution in [1.29, 1.82) is 0 Å². The first-order valence-electron chi connectivity index (χ1n) is 11.2. The summed E-state index contributed by atoms with van der Waals surface area (Å²) >= 11 is 0. The van der Waals surface area contributed by atoms with Gasteiger partial charge in [0.05, 0.1) is 13.2 Å². The zero-order valence-corrected chi connectivity index (χ0v) is 19.8. The first-order chi connectivity index (χ1) is 14.6. The van der Waals surface area contributed by atoms with Crippen LogP contribution in [0.4, 0.5) is 9.59 Å². The van der Waals surface area contributed by atoms with Gasteiger partial charge in [-0.2, -0.15) is 0 Å². The van der Waals surface area contributed by atoms with Crippen LogP contribution in [-0.4, -0.2) is 49.4 Å². The van der Waals surface area contributed by atoms with Crippen LogP contribution in [-0.2, 0) is 23.8 Å². The molecule has 0 saturated heterocycles. The lowest BCUT2D eigenvalue weighted by atomic mass is 10.0. The maximum atomic E-state index is 12.6. The van der Waals surface area contributed by atoms with Crippen LogP contribution >= 0.6 is 0 Å². The quantitative estimate of drug-likeness (QED) is 0.180. The summed E-state index contributed by atoms with van der Waals surface area (Å²) < 4.78 is 15.1. The third-order valence-corrected chi connectivity index (χ3v) is 4.23. The summed E-state index contributed by atoms with van der Waals surface area (Å²) in [5, 5.41) is 4.93. The summed E-state index contributed by atoms with van der Waals surface area (Å²) in [6.45, 7) is 11.9. The van der Waals surface area contributed by atoms with E-state index in [1.54, 1.807) is 0 Å². The molecule has 31 heavy (non-hydrogen) atoms. The SMILES string of the molecule is CCCCOC(=O)N[C@@H](CC(C)C)C(=O)OC(=O)[C@H](CC(C)C)NC(=O)OCCCC. The number of hydrogen-bond acceptors (Lipinski definition) is 7. The highest BCUT2D eigenvalue weighted by Gasteiger charge is 2.31. The van der Waals surface area contributed by atoms with Crippen molar-refractivity contribution >= 4 is 24.1 Å². The maximum absolute atomic E-state index is 12.6. The van der Waals surface area contributed by atoms with Crippen LogP contribution in [0.25, 0.3) is 0 Å². The Morgan fingerprint density at radius 1 is 0.677 bits per heavy atom. The van der Waals surface area contributed by atoms with Crippen LogP contribution in [0, 0.1) is 11.8 Å². The summed E-state index contributed by atoms with van der Waals surface area (Å²) in [6, 6.07) is -2.07. The summed E-state index contributed by atoms with van der Waals surface area (Å²) in [5.41, 5.74) is 0. The van der Waals surface area contributed by atoms with Gasteiger partial charge < -0.3 is 24.8 Å². The van der Waals surface area contributed by atoms with Crippen molar-refractivity contribution in [3.8, 4) is 0 Å². The van der Waals surface area contributed by atoms with E-state index in [2.05, 4.69) is 10.6 Å². The number of unbranched alkanes of at least 4 members (excludes halogenated alkanes) is 2. The zero-order chi connectivity index (χ0) is 23.8. The lowest BCUT2D eigenvalue weighted by Crippen LogP contribution is -2.48. The Morgan fingerprint density at radius 3 is 1.32 bits per heavy atom. The number of rotatable bonds is 14. The number of hydrogen-bond donors (Lipinski definition) is 2. The Bertz CT molecular complexity index is 516. The van der Waals surface area contributed by atoms with Gasteiger partial charge in [0.2, 0.25) is 0 Å². The highest BCUT2D eigenvalue weighted by molar-refractivity contribution is 5.93. The molecule has 0 aliphatic heterocycles. The average Bonchev–Trinajstić information content (AvgIpc) is 2.66. The number of alkyl carbamates (subject to hydrolysis) is 2. The minimum Gasteiger partial charge on any atom is -0.450 e. The second-order valence-corrected chi connectivity index (χ2v) is 8.37. The van der Waals surface area contributed by atoms with Crippen molar-refractivity contribution in [3.05, 3.63) is 0 Å². The second-order valence-electron chi connectivity index (χ2n) is 8.37. The molecule has 2 amide bonds. The van der Waals surface area contributed by atoms with E-state index in [0.29, 0.717) is 12.8 Å². The molecule has 0 aromatic heterocycles. The molecule has 0 aliphatic carbocycles. The molecule has 0 saturated carbocycles. The fraction of sp³-hybridized carbons (Fsp3) is 0.818. The largest absolute Gasteiger partial charge is 0.450 e. The topological polar surface area (TPSA) is 120 Å². The van der Waals surface area contributed by atoms with E-state index in [-0.39, 0.29) is 37.9 Å². The third kappa shape index (κ3) is 14.3. The first-order valence-corrected chi connectivity index (χ1v) is 11.2. The van der Waals surface area contributed by atoms with Crippen molar-refractivity contribution in [1.82, 2.24) is 10.6 Å². The molecule has 0 rings (SSSR count). The molecule has 0 unspecified atom stereocenters. The van der Waals surface area contributed by atoms with Crippen molar-refractivity contribution < 1.29 is 33.4 Å². The van der Waals surface area contributed by atoms with Crippen LogP contribution in [0.5, 0.6) is 0 Å². The molecule has 0 spiro atoms. The summed E-state index contributed by atoms with van der Waals surface area (Å²) in [7, 11) is 0. The minimum absolute atomic E-state index is 0.0572. The Kier molecular flexibility index (Phi) is 15.2. The van der Waals surface area contributed by atoms with Gasteiger partial charge in [0.25, 0.3) is 0 Å². The van der Waals surface area contributed by atoms with E-state index in [4.69, 9.17) is 14.2 Å². The highest BCUT2D eigenvalue weighted by atomic mass is 16.6. The molecular weight excluding hydrogens is 404 g/mol. The van der Waals surface area contributed by atoms with Gasteiger partial charge in [-0.05, 0) is 37.5 Å². The Morgan fingerprint density at radius 2 is 1.03 bits per heavy atom. The van der Waals surface area contributed by atoms with Crippen LogP contribution in [0.2, 0.25) is 0 Å². The number of ether oxygens (including phenoxy) is 3. The number of amides is 2. The molecule has 0 radical (unpaired) electrons. The lowest BCUT2D eigenvalue weighted by molar-refractivity contribution is -0.163. The Labute approximate surface area is 185 Å². The van der Waals surface area contributed by atoms with Crippen molar-refractivity contribution in [2.45, 2.75) is 92.2 Å². The van der Waals surface area contributed by atoms with Gasteiger partial charge in [0.1, 0.15) is 12.1 Å². The zero-order valence-electron chi connectivity index (χ0n) is 19.8. The van der Waals surface area contributed by atoms with Crippen LogP contribution in [0.3, 0.4) is 0 Å². The van der Waals surface area contributed by atoms with Gasteiger partial charge in [0, 0.05) is 0 Å². The predicted molar refractivity (Wildman–Crippen MR) is 116 cm³/mol. The summed E-state index contributed by atoms with van der Waals surface area (Å²) in [4.78, 5) is 49.1. The molecule has 2 atom stereocenters. The van der Waals surface area contributed by atoms with Crippen molar-refractivity contribution in [2.24, 2.45) is 11.8 Å². The molecule has 0 fully saturated rings. The molecule has 0 aromatic carbocycles. The normalized spacial score (nSPS) is 12.8. The maximum Gasteiger partial charge on any atom is 0.407 e. The molecule has 180 valence electrons. The monoisotopic (exact) mass is 444 g/mol. The molecule has 0 aromatic rings. The number of carbonyl (C=O) groups is 4.